The highest BCUT2D eigenvalue weighted by atomic mass is 32.1. The summed E-state index contributed by atoms with van der Waals surface area (Å²) in [4.78, 5) is 28.2. The number of fused-ring (bicyclic) bond motifs is 1. The summed E-state index contributed by atoms with van der Waals surface area (Å²) < 4.78 is 1.46. The number of aryl methyl sites for hydroxylation is 2. The highest BCUT2D eigenvalue weighted by Crippen LogP contribution is 2.20. The van der Waals surface area contributed by atoms with Gasteiger partial charge in [-0.15, -0.1) is 0 Å². The van der Waals surface area contributed by atoms with Crippen molar-refractivity contribution in [3.05, 3.63) is 97.1 Å². The summed E-state index contributed by atoms with van der Waals surface area (Å²) in [5.41, 5.74) is 2.52. The molecule has 134 valence electrons. The van der Waals surface area contributed by atoms with Crippen LogP contribution in [-0.2, 0) is 12.8 Å². The first-order valence-corrected chi connectivity index (χ1v) is 9.33. The fourth-order valence-corrected chi connectivity index (χ4v) is 3.78. The summed E-state index contributed by atoms with van der Waals surface area (Å²) in [5, 5.41) is 16.0. The highest BCUT2D eigenvalue weighted by Gasteiger charge is 2.14. The molecule has 0 bridgehead atoms. The molecule has 4 aromatic rings. The quantitative estimate of drug-likeness (QED) is 0.387. The minimum absolute atomic E-state index is 0.0628. The predicted octanol–water partition coefficient (Wildman–Crippen LogP) is 4.14. The molecule has 0 amide bonds. The molecule has 3 aromatic heterocycles. The van der Waals surface area contributed by atoms with E-state index in [0.717, 1.165) is 11.8 Å². The van der Waals surface area contributed by atoms with Gasteiger partial charge < -0.3 is 0 Å². The van der Waals surface area contributed by atoms with Crippen LogP contribution in [0.1, 0.15) is 11.1 Å². The lowest BCUT2D eigenvalue weighted by molar-refractivity contribution is -0.384. The summed E-state index contributed by atoms with van der Waals surface area (Å²) in [5.74, 6) is 0. The van der Waals surface area contributed by atoms with E-state index in [-0.39, 0.29) is 11.2 Å². The van der Waals surface area contributed by atoms with Crippen LogP contribution in [0.4, 0.5) is 5.69 Å². The van der Waals surface area contributed by atoms with E-state index in [4.69, 9.17) is 0 Å². The number of nitrogens with zero attached hydrogens (tertiary/aromatic N) is 3. The van der Waals surface area contributed by atoms with Gasteiger partial charge in [0.2, 0.25) is 0 Å². The third kappa shape index (κ3) is 3.37. The zero-order valence-electron chi connectivity index (χ0n) is 14.2. The average Bonchev–Trinajstić information content (AvgIpc) is 3.20. The fourth-order valence-electron chi connectivity index (χ4n) is 3.08. The molecule has 0 aliphatic heterocycles. The number of nitro groups is 1. The van der Waals surface area contributed by atoms with Crippen LogP contribution in [0.3, 0.4) is 0 Å². The third-order valence-corrected chi connectivity index (χ3v) is 5.13. The van der Waals surface area contributed by atoms with Crippen LogP contribution < -0.4 is 5.56 Å². The molecule has 27 heavy (non-hydrogen) atoms. The number of benzene rings is 1. The van der Waals surface area contributed by atoms with Crippen LogP contribution in [0, 0.1) is 10.1 Å². The van der Waals surface area contributed by atoms with Crippen molar-refractivity contribution < 1.29 is 4.92 Å². The number of rotatable bonds is 5. The van der Waals surface area contributed by atoms with Gasteiger partial charge in [0.25, 0.3) is 11.2 Å². The normalized spacial score (nSPS) is 11.0. The van der Waals surface area contributed by atoms with Gasteiger partial charge in [-0.25, -0.2) is 4.98 Å². The second kappa shape index (κ2) is 7.13. The van der Waals surface area contributed by atoms with Gasteiger partial charge in [-0.2, -0.15) is 11.3 Å². The Labute approximate surface area is 158 Å². The van der Waals surface area contributed by atoms with Gasteiger partial charge >= 0.3 is 0 Å². The van der Waals surface area contributed by atoms with Crippen LogP contribution in [-0.4, -0.2) is 14.5 Å². The first-order valence-electron chi connectivity index (χ1n) is 8.39. The minimum Gasteiger partial charge on any atom is -0.269 e. The van der Waals surface area contributed by atoms with E-state index in [1.54, 1.807) is 29.7 Å². The second-order valence-corrected chi connectivity index (χ2v) is 6.91. The van der Waals surface area contributed by atoms with E-state index in [1.807, 2.05) is 29.6 Å². The molecule has 0 aliphatic rings. The Balaban J connectivity index is 1.88. The van der Waals surface area contributed by atoms with Gasteiger partial charge in [0.1, 0.15) is 5.65 Å². The third-order valence-electron chi connectivity index (χ3n) is 4.40. The van der Waals surface area contributed by atoms with Crippen molar-refractivity contribution >= 4 is 28.1 Å². The molecule has 0 radical (unpaired) electrons. The lowest BCUT2D eigenvalue weighted by Crippen LogP contribution is -2.23. The summed E-state index contributed by atoms with van der Waals surface area (Å²) in [6.07, 6.45) is 2.97. The lowest BCUT2D eigenvalue weighted by atomic mass is 10.1. The minimum atomic E-state index is -0.468. The lowest BCUT2D eigenvalue weighted by Gasteiger charge is -2.12. The molecule has 0 unspecified atom stereocenters. The molecule has 3 heterocycles. The van der Waals surface area contributed by atoms with Crippen molar-refractivity contribution in [1.82, 2.24) is 9.55 Å². The maximum atomic E-state index is 13.2. The Morgan fingerprint density at radius 2 is 2.00 bits per heavy atom. The smallest absolute Gasteiger partial charge is 0.269 e. The molecule has 4 rings (SSSR count). The fraction of sp³-hybridized carbons (Fsp3) is 0.100. The van der Waals surface area contributed by atoms with Gasteiger partial charge in [-0.1, -0.05) is 6.07 Å². The Kier molecular flexibility index (Phi) is 4.52. The summed E-state index contributed by atoms with van der Waals surface area (Å²) in [6.45, 7) is 0. The van der Waals surface area contributed by atoms with Crippen molar-refractivity contribution in [3.8, 4) is 5.69 Å². The van der Waals surface area contributed by atoms with Crippen molar-refractivity contribution in [2.24, 2.45) is 0 Å². The van der Waals surface area contributed by atoms with Gasteiger partial charge in [-0.3, -0.25) is 19.5 Å². The van der Waals surface area contributed by atoms with Gasteiger partial charge in [0.05, 0.1) is 10.6 Å². The van der Waals surface area contributed by atoms with Crippen LogP contribution in [0.25, 0.3) is 16.7 Å². The van der Waals surface area contributed by atoms with Crippen LogP contribution in [0.2, 0.25) is 0 Å². The Morgan fingerprint density at radius 3 is 2.78 bits per heavy atom. The molecule has 0 atom stereocenters. The Morgan fingerprint density at radius 1 is 1.11 bits per heavy atom. The van der Waals surface area contributed by atoms with Crippen LogP contribution >= 0.6 is 11.3 Å². The van der Waals surface area contributed by atoms with Crippen molar-refractivity contribution in [2.75, 3.05) is 0 Å². The molecule has 0 saturated carbocycles. The molecule has 1 aromatic carbocycles. The van der Waals surface area contributed by atoms with Crippen molar-refractivity contribution in [3.63, 3.8) is 0 Å². The molecule has 7 heteroatoms. The SMILES string of the molecule is O=c1c(CCc2ccsc2)cc2cccnc2n1-c1cccc([N+](=O)[O-])c1. The van der Waals surface area contributed by atoms with E-state index in [1.165, 1.54) is 22.3 Å². The molecular weight excluding hydrogens is 362 g/mol. The predicted molar refractivity (Wildman–Crippen MR) is 106 cm³/mol. The summed E-state index contributed by atoms with van der Waals surface area (Å²) in [6, 6.07) is 13.7. The standard InChI is InChI=1S/C20H15N3O3S/c24-20-16(7-6-14-8-10-27-13-14)11-15-3-2-9-21-19(15)22(20)17-4-1-5-18(12-17)23(25)26/h1-5,8-13H,6-7H2. The monoisotopic (exact) mass is 377 g/mol. The number of hydrogen-bond donors (Lipinski definition) is 0. The highest BCUT2D eigenvalue weighted by molar-refractivity contribution is 7.07. The first kappa shape index (κ1) is 17.1. The van der Waals surface area contributed by atoms with Crippen molar-refractivity contribution in [2.45, 2.75) is 12.8 Å². The van der Waals surface area contributed by atoms with Crippen LogP contribution in [0.15, 0.2) is 70.3 Å². The van der Waals surface area contributed by atoms with E-state index < -0.39 is 4.92 Å². The molecule has 0 fully saturated rings. The number of aromatic nitrogens is 2. The molecule has 0 spiro atoms. The maximum absolute atomic E-state index is 13.2. The van der Waals surface area contributed by atoms with E-state index in [2.05, 4.69) is 10.4 Å². The van der Waals surface area contributed by atoms with Gasteiger partial charge in [0.15, 0.2) is 0 Å². The van der Waals surface area contributed by atoms with Crippen molar-refractivity contribution in [1.29, 1.82) is 0 Å². The molecule has 0 aliphatic carbocycles. The molecular formula is C20H15N3O3S. The van der Waals surface area contributed by atoms with E-state index >= 15 is 0 Å². The van der Waals surface area contributed by atoms with Gasteiger partial charge in [0, 0.05) is 29.3 Å². The number of thiophene rings is 1. The zero-order chi connectivity index (χ0) is 18.8. The molecule has 0 N–H and O–H groups in total. The summed E-state index contributed by atoms with van der Waals surface area (Å²) >= 11 is 1.63. The number of pyridine rings is 2. The summed E-state index contributed by atoms with van der Waals surface area (Å²) in [7, 11) is 0. The van der Waals surface area contributed by atoms with E-state index in [9.17, 15) is 14.9 Å². The average molecular weight is 377 g/mol. The first-order chi connectivity index (χ1) is 13.1. The second-order valence-electron chi connectivity index (χ2n) is 6.13. The number of non-ortho nitro benzene ring substituents is 1. The molecule has 0 saturated heterocycles. The van der Waals surface area contributed by atoms with E-state index in [0.29, 0.717) is 23.3 Å². The number of hydrogen-bond acceptors (Lipinski definition) is 5. The number of nitro benzene ring substituents is 1. The topological polar surface area (TPSA) is 78.0 Å². The maximum Gasteiger partial charge on any atom is 0.271 e. The van der Waals surface area contributed by atoms with Crippen LogP contribution in [0.5, 0.6) is 0 Å². The zero-order valence-corrected chi connectivity index (χ0v) is 15.1. The Hall–Kier alpha value is -3.32. The largest absolute Gasteiger partial charge is 0.271 e. The van der Waals surface area contributed by atoms with Gasteiger partial charge in [-0.05, 0) is 59.5 Å². The molecule has 6 nitrogen and oxygen atoms in total. The Bertz CT molecular complexity index is 1180.